The number of hydrogen-bond donors (Lipinski definition) is 2. The first-order valence-corrected chi connectivity index (χ1v) is 7.17. The normalized spacial score (nSPS) is 12.3. The Balaban J connectivity index is 2.24. The molecule has 0 amide bonds. The predicted molar refractivity (Wildman–Crippen MR) is 82.9 cm³/mol. The Morgan fingerprint density at radius 2 is 2.21 bits per heavy atom. The number of aromatic nitrogens is 1. The van der Waals surface area contributed by atoms with Crippen molar-refractivity contribution in [2.75, 3.05) is 12.3 Å². The van der Waals surface area contributed by atoms with Crippen LogP contribution in [0.1, 0.15) is 24.1 Å². The number of nitrogens with zero attached hydrogens (tertiary/aromatic N) is 1. The zero-order valence-electron chi connectivity index (χ0n) is 10.9. The summed E-state index contributed by atoms with van der Waals surface area (Å²) in [5, 5.41) is 3.50. The van der Waals surface area contributed by atoms with E-state index in [4.69, 9.17) is 5.73 Å². The van der Waals surface area contributed by atoms with Crippen LogP contribution >= 0.6 is 15.9 Å². The fourth-order valence-corrected chi connectivity index (χ4v) is 2.52. The number of benzene rings is 1. The number of nitrogens with two attached hydrogens (primary N) is 1. The number of nitrogens with one attached hydrogen (secondary N) is 1. The molecule has 1 atom stereocenters. The Morgan fingerprint density at radius 3 is 2.89 bits per heavy atom. The molecule has 1 heterocycles. The van der Waals surface area contributed by atoms with Crippen molar-refractivity contribution in [2.24, 2.45) is 0 Å². The topological polar surface area (TPSA) is 50.9 Å². The second-order valence-corrected chi connectivity index (χ2v) is 5.36. The smallest absolute Gasteiger partial charge is 0.0378 e. The first-order chi connectivity index (χ1) is 9.20. The fraction of sp³-hybridized carbons (Fsp3) is 0.267. The molecule has 0 aliphatic rings. The number of nitrogen functional groups attached to an aromatic ring is 1. The standard InChI is InChI=1S/C15H18BrN3/c1-2-19-15(11-4-3-5-13(16)8-11)9-12-10-18-7-6-14(12)17/h3-8,10,15,19H,2,9H2,1H3,(H2,17,18). The zero-order valence-corrected chi connectivity index (χ0v) is 12.5. The summed E-state index contributed by atoms with van der Waals surface area (Å²) in [5.41, 5.74) is 9.12. The molecule has 0 saturated heterocycles. The van der Waals surface area contributed by atoms with Gasteiger partial charge in [-0.3, -0.25) is 4.98 Å². The fourth-order valence-electron chi connectivity index (χ4n) is 2.11. The molecular formula is C15H18BrN3. The Morgan fingerprint density at radius 1 is 1.37 bits per heavy atom. The molecule has 100 valence electrons. The van der Waals surface area contributed by atoms with Crippen molar-refractivity contribution in [2.45, 2.75) is 19.4 Å². The van der Waals surface area contributed by atoms with E-state index in [0.717, 1.165) is 28.7 Å². The first kappa shape index (κ1) is 14.0. The number of pyridine rings is 1. The molecular weight excluding hydrogens is 302 g/mol. The summed E-state index contributed by atoms with van der Waals surface area (Å²) in [7, 11) is 0. The van der Waals surface area contributed by atoms with E-state index >= 15 is 0 Å². The minimum Gasteiger partial charge on any atom is -0.398 e. The van der Waals surface area contributed by atoms with Gasteiger partial charge in [-0.15, -0.1) is 0 Å². The maximum atomic E-state index is 6.00. The zero-order chi connectivity index (χ0) is 13.7. The van der Waals surface area contributed by atoms with E-state index in [0.29, 0.717) is 0 Å². The van der Waals surface area contributed by atoms with Gasteiger partial charge in [0.05, 0.1) is 0 Å². The highest BCUT2D eigenvalue weighted by molar-refractivity contribution is 9.10. The highest BCUT2D eigenvalue weighted by atomic mass is 79.9. The lowest BCUT2D eigenvalue weighted by atomic mass is 9.99. The molecule has 0 aliphatic heterocycles. The number of likely N-dealkylation sites (N-methyl/N-ethyl adjacent to an activating group) is 1. The SMILES string of the molecule is CCNC(Cc1cnccc1N)c1cccc(Br)c1. The molecule has 4 heteroatoms. The van der Waals surface area contributed by atoms with Gasteiger partial charge < -0.3 is 11.1 Å². The Labute approximate surface area is 122 Å². The van der Waals surface area contributed by atoms with Crippen LogP contribution in [0.4, 0.5) is 5.69 Å². The van der Waals surface area contributed by atoms with Crippen molar-refractivity contribution in [3.8, 4) is 0 Å². The molecule has 3 nitrogen and oxygen atoms in total. The Kier molecular flexibility index (Phi) is 4.93. The van der Waals surface area contributed by atoms with Crippen molar-refractivity contribution in [1.82, 2.24) is 10.3 Å². The average molecular weight is 320 g/mol. The van der Waals surface area contributed by atoms with Crippen LogP contribution in [0, 0.1) is 0 Å². The second-order valence-electron chi connectivity index (χ2n) is 4.44. The molecule has 0 radical (unpaired) electrons. The maximum absolute atomic E-state index is 6.00. The van der Waals surface area contributed by atoms with Crippen LogP contribution in [0.25, 0.3) is 0 Å². The molecule has 1 aromatic carbocycles. The summed E-state index contributed by atoms with van der Waals surface area (Å²) in [4.78, 5) is 4.15. The molecule has 0 aliphatic carbocycles. The summed E-state index contributed by atoms with van der Waals surface area (Å²) >= 11 is 3.52. The molecule has 0 bridgehead atoms. The molecule has 1 aromatic heterocycles. The van der Waals surface area contributed by atoms with Crippen LogP contribution < -0.4 is 11.1 Å². The molecule has 2 rings (SSSR count). The van der Waals surface area contributed by atoms with Gasteiger partial charge >= 0.3 is 0 Å². The highest BCUT2D eigenvalue weighted by Gasteiger charge is 2.13. The van der Waals surface area contributed by atoms with Crippen LogP contribution in [0.3, 0.4) is 0 Å². The van der Waals surface area contributed by atoms with Crippen molar-refractivity contribution >= 4 is 21.6 Å². The number of halogens is 1. The lowest BCUT2D eigenvalue weighted by molar-refractivity contribution is 0.549. The second kappa shape index (κ2) is 6.68. The van der Waals surface area contributed by atoms with Crippen molar-refractivity contribution < 1.29 is 0 Å². The van der Waals surface area contributed by atoms with Crippen LogP contribution in [-0.2, 0) is 6.42 Å². The highest BCUT2D eigenvalue weighted by Crippen LogP contribution is 2.23. The number of anilines is 1. The van der Waals surface area contributed by atoms with Crippen molar-refractivity contribution in [1.29, 1.82) is 0 Å². The average Bonchev–Trinajstić information content (AvgIpc) is 2.40. The molecule has 1 unspecified atom stereocenters. The van der Waals surface area contributed by atoms with Gasteiger partial charge in [0.15, 0.2) is 0 Å². The van der Waals surface area contributed by atoms with Gasteiger partial charge in [0.1, 0.15) is 0 Å². The minimum absolute atomic E-state index is 0.244. The van der Waals surface area contributed by atoms with Crippen LogP contribution in [-0.4, -0.2) is 11.5 Å². The molecule has 3 N–H and O–H groups in total. The number of rotatable bonds is 5. The quantitative estimate of drug-likeness (QED) is 0.888. The van der Waals surface area contributed by atoms with Gasteiger partial charge in [0, 0.05) is 28.6 Å². The van der Waals surface area contributed by atoms with Crippen LogP contribution in [0.2, 0.25) is 0 Å². The van der Waals surface area contributed by atoms with Crippen LogP contribution in [0.5, 0.6) is 0 Å². The van der Waals surface area contributed by atoms with Gasteiger partial charge in [-0.2, -0.15) is 0 Å². The minimum atomic E-state index is 0.244. The van der Waals surface area contributed by atoms with Crippen molar-refractivity contribution in [3.05, 3.63) is 58.3 Å². The summed E-state index contributed by atoms with van der Waals surface area (Å²) in [6.07, 6.45) is 4.40. The Bertz CT molecular complexity index is 542. The van der Waals surface area contributed by atoms with E-state index in [2.05, 4.69) is 51.4 Å². The Hall–Kier alpha value is -1.39. The van der Waals surface area contributed by atoms with E-state index in [1.54, 1.807) is 6.20 Å². The van der Waals surface area contributed by atoms with E-state index in [-0.39, 0.29) is 6.04 Å². The third-order valence-electron chi connectivity index (χ3n) is 3.07. The van der Waals surface area contributed by atoms with E-state index in [1.165, 1.54) is 5.56 Å². The molecule has 0 fully saturated rings. The van der Waals surface area contributed by atoms with Gasteiger partial charge in [-0.1, -0.05) is 35.0 Å². The van der Waals surface area contributed by atoms with E-state index in [9.17, 15) is 0 Å². The molecule has 0 spiro atoms. The first-order valence-electron chi connectivity index (χ1n) is 6.38. The summed E-state index contributed by atoms with van der Waals surface area (Å²) in [6, 6.07) is 10.4. The van der Waals surface area contributed by atoms with Crippen molar-refractivity contribution in [3.63, 3.8) is 0 Å². The van der Waals surface area contributed by atoms with Crippen LogP contribution in [0.15, 0.2) is 47.2 Å². The van der Waals surface area contributed by atoms with Gasteiger partial charge in [0.25, 0.3) is 0 Å². The predicted octanol–water partition coefficient (Wildman–Crippen LogP) is 3.32. The summed E-state index contributed by atoms with van der Waals surface area (Å²) < 4.78 is 1.09. The van der Waals surface area contributed by atoms with Gasteiger partial charge in [0.2, 0.25) is 0 Å². The lowest BCUT2D eigenvalue weighted by Gasteiger charge is -2.19. The third-order valence-corrected chi connectivity index (χ3v) is 3.56. The van der Waals surface area contributed by atoms with Gasteiger partial charge in [-0.05, 0) is 42.3 Å². The van der Waals surface area contributed by atoms with Gasteiger partial charge in [-0.25, -0.2) is 0 Å². The maximum Gasteiger partial charge on any atom is 0.0378 e. The van der Waals surface area contributed by atoms with E-state index in [1.807, 2.05) is 18.3 Å². The summed E-state index contributed by atoms with van der Waals surface area (Å²) in [6.45, 7) is 3.02. The number of hydrogen-bond acceptors (Lipinski definition) is 3. The lowest BCUT2D eigenvalue weighted by Crippen LogP contribution is -2.23. The summed E-state index contributed by atoms with van der Waals surface area (Å²) in [5.74, 6) is 0. The third kappa shape index (κ3) is 3.78. The molecule has 19 heavy (non-hydrogen) atoms. The largest absolute Gasteiger partial charge is 0.398 e. The molecule has 2 aromatic rings. The molecule has 0 saturated carbocycles. The van der Waals surface area contributed by atoms with E-state index < -0.39 is 0 Å². The monoisotopic (exact) mass is 319 g/mol.